The summed E-state index contributed by atoms with van der Waals surface area (Å²) in [5, 5.41) is 7.02. The Morgan fingerprint density at radius 3 is 2.43 bits per heavy atom. The normalized spacial score (nSPS) is 21.5. The maximum atomic E-state index is 12.7. The first-order chi connectivity index (χ1) is 9.98. The van der Waals surface area contributed by atoms with E-state index in [1.165, 1.54) is 0 Å². The molecule has 2 heterocycles. The van der Waals surface area contributed by atoms with Gasteiger partial charge < -0.3 is 10.2 Å². The van der Waals surface area contributed by atoms with Crippen LogP contribution in [0.5, 0.6) is 0 Å². The van der Waals surface area contributed by atoms with Gasteiger partial charge >= 0.3 is 0 Å². The Labute approximate surface area is 125 Å². The maximum Gasteiger partial charge on any atom is 0.246 e. The number of aryl methyl sites for hydroxylation is 1. The molecule has 0 bridgehead atoms. The fourth-order valence-electron chi connectivity index (χ4n) is 3.07. The van der Waals surface area contributed by atoms with E-state index in [-0.39, 0.29) is 11.8 Å². The number of nitrogens with one attached hydrogen (secondary N) is 1. The first-order valence-corrected chi connectivity index (χ1v) is 7.58. The average Bonchev–Trinajstić information content (AvgIpc) is 2.89. The van der Waals surface area contributed by atoms with Gasteiger partial charge in [0, 0.05) is 25.4 Å². The van der Waals surface area contributed by atoms with Gasteiger partial charge in [-0.25, -0.2) is 0 Å². The van der Waals surface area contributed by atoms with Gasteiger partial charge in [0.25, 0.3) is 0 Å². The largest absolute Gasteiger partial charge is 0.342 e. The van der Waals surface area contributed by atoms with E-state index in [0.717, 1.165) is 5.56 Å². The average molecular weight is 292 g/mol. The van der Waals surface area contributed by atoms with E-state index in [0.29, 0.717) is 25.8 Å². The van der Waals surface area contributed by atoms with Gasteiger partial charge in [0.1, 0.15) is 11.6 Å². The van der Waals surface area contributed by atoms with Crippen LogP contribution in [0.25, 0.3) is 0 Å². The van der Waals surface area contributed by atoms with Gasteiger partial charge in [0.2, 0.25) is 11.8 Å². The standard InChI is InChI=1S/C15H24N4O2/c1-5-12-13(20)19(10-11-8-16-18(4)9-11)15(6-2,7-3)14(21)17-12/h8-9,12H,5-7,10H2,1-4H3,(H,17,21). The lowest BCUT2D eigenvalue weighted by molar-refractivity contribution is -0.159. The van der Waals surface area contributed by atoms with Crippen molar-refractivity contribution in [2.24, 2.45) is 7.05 Å². The Balaban J connectivity index is 2.37. The van der Waals surface area contributed by atoms with E-state index in [1.54, 1.807) is 15.8 Å². The van der Waals surface area contributed by atoms with E-state index in [1.807, 2.05) is 34.0 Å². The number of piperazine rings is 1. The van der Waals surface area contributed by atoms with Gasteiger partial charge in [-0.3, -0.25) is 14.3 Å². The molecule has 0 aromatic carbocycles. The molecule has 1 unspecified atom stereocenters. The van der Waals surface area contributed by atoms with Crippen molar-refractivity contribution in [3.63, 3.8) is 0 Å². The molecule has 116 valence electrons. The van der Waals surface area contributed by atoms with Crippen molar-refractivity contribution in [2.45, 2.75) is 58.2 Å². The second kappa shape index (κ2) is 5.87. The summed E-state index contributed by atoms with van der Waals surface area (Å²) in [6.07, 6.45) is 5.46. The predicted octanol–water partition coefficient (Wildman–Crippen LogP) is 1.22. The van der Waals surface area contributed by atoms with Gasteiger partial charge in [0.15, 0.2) is 0 Å². The van der Waals surface area contributed by atoms with Crippen LogP contribution in [0.15, 0.2) is 12.4 Å². The highest BCUT2D eigenvalue weighted by Gasteiger charge is 2.49. The van der Waals surface area contributed by atoms with Crippen LogP contribution in [0.1, 0.15) is 45.6 Å². The van der Waals surface area contributed by atoms with Crippen LogP contribution in [-0.2, 0) is 23.2 Å². The summed E-state index contributed by atoms with van der Waals surface area (Å²) < 4.78 is 1.71. The highest BCUT2D eigenvalue weighted by atomic mass is 16.2. The highest BCUT2D eigenvalue weighted by Crippen LogP contribution is 2.31. The Kier molecular flexibility index (Phi) is 4.34. The molecule has 2 rings (SSSR count). The molecule has 6 nitrogen and oxygen atoms in total. The Bertz CT molecular complexity index is 534. The Hall–Kier alpha value is -1.85. The number of rotatable bonds is 5. The highest BCUT2D eigenvalue weighted by molar-refractivity contribution is 5.99. The summed E-state index contributed by atoms with van der Waals surface area (Å²) in [4.78, 5) is 27.1. The minimum Gasteiger partial charge on any atom is -0.342 e. The molecular weight excluding hydrogens is 268 g/mol. The summed E-state index contributed by atoms with van der Waals surface area (Å²) in [5.41, 5.74) is 0.195. The van der Waals surface area contributed by atoms with E-state index in [4.69, 9.17) is 0 Å². The van der Waals surface area contributed by atoms with Gasteiger partial charge in [-0.05, 0) is 19.3 Å². The summed E-state index contributed by atoms with van der Waals surface area (Å²) >= 11 is 0. The molecular formula is C15H24N4O2. The molecule has 0 saturated carbocycles. The quantitative estimate of drug-likeness (QED) is 0.887. The van der Waals surface area contributed by atoms with Crippen molar-refractivity contribution in [1.82, 2.24) is 20.0 Å². The number of hydrogen-bond acceptors (Lipinski definition) is 3. The van der Waals surface area contributed by atoms with Crippen molar-refractivity contribution in [2.75, 3.05) is 0 Å². The van der Waals surface area contributed by atoms with Crippen molar-refractivity contribution < 1.29 is 9.59 Å². The summed E-state index contributed by atoms with van der Waals surface area (Å²) in [5.74, 6) is -0.0347. The van der Waals surface area contributed by atoms with E-state index in [2.05, 4.69) is 10.4 Å². The summed E-state index contributed by atoms with van der Waals surface area (Å²) in [7, 11) is 1.84. The zero-order valence-corrected chi connectivity index (χ0v) is 13.2. The lowest BCUT2D eigenvalue weighted by Crippen LogP contribution is -2.69. The molecule has 6 heteroatoms. The smallest absolute Gasteiger partial charge is 0.246 e. The van der Waals surface area contributed by atoms with Gasteiger partial charge in [-0.2, -0.15) is 5.10 Å². The predicted molar refractivity (Wildman–Crippen MR) is 79.3 cm³/mol. The SMILES string of the molecule is CCC1NC(=O)C(CC)(CC)N(Cc2cnn(C)c2)C1=O. The molecule has 1 saturated heterocycles. The Morgan fingerprint density at radius 1 is 1.29 bits per heavy atom. The molecule has 0 spiro atoms. The molecule has 1 aromatic rings. The minimum absolute atomic E-state index is 0.00431. The first kappa shape index (κ1) is 15.5. The lowest BCUT2D eigenvalue weighted by Gasteiger charge is -2.47. The van der Waals surface area contributed by atoms with Crippen molar-refractivity contribution in [3.05, 3.63) is 18.0 Å². The third-order valence-corrected chi connectivity index (χ3v) is 4.49. The Morgan fingerprint density at radius 2 is 1.95 bits per heavy atom. The number of amides is 2. The summed E-state index contributed by atoms with van der Waals surface area (Å²) in [6.45, 7) is 6.26. The monoisotopic (exact) mass is 292 g/mol. The lowest BCUT2D eigenvalue weighted by atomic mass is 9.85. The second-order valence-electron chi connectivity index (χ2n) is 5.62. The maximum absolute atomic E-state index is 12.7. The fraction of sp³-hybridized carbons (Fsp3) is 0.667. The molecule has 0 aliphatic carbocycles. The van der Waals surface area contributed by atoms with Gasteiger partial charge in [0.05, 0.1) is 6.20 Å². The number of nitrogens with zero attached hydrogens (tertiary/aromatic N) is 3. The second-order valence-corrected chi connectivity index (χ2v) is 5.62. The minimum atomic E-state index is -0.751. The van der Waals surface area contributed by atoms with Crippen LogP contribution in [0.3, 0.4) is 0 Å². The number of carbonyl (C=O) groups excluding carboxylic acids is 2. The van der Waals surface area contributed by atoms with Crippen LogP contribution >= 0.6 is 0 Å². The third kappa shape index (κ3) is 2.54. The third-order valence-electron chi connectivity index (χ3n) is 4.49. The van der Waals surface area contributed by atoms with E-state index >= 15 is 0 Å². The molecule has 2 amide bonds. The van der Waals surface area contributed by atoms with Gasteiger partial charge in [-0.1, -0.05) is 20.8 Å². The van der Waals surface area contributed by atoms with Gasteiger partial charge in [-0.15, -0.1) is 0 Å². The number of hydrogen-bond donors (Lipinski definition) is 1. The molecule has 1 N–H and O–H groups in total. The number of aromatic nitrogens is 2. The zero-order chi connectivity index (χ0) is 15.6. The van der Waals surface area contributed by atoms with Crippen LogP contribution in [0, 0.1) is 0 Å². The topological polar surface area (TPSA) is 67.2 Å². The fourth-order valence-corrected chi connectivity index (χ4v) is 3.07. The summed E-state index contributed by atoms with van der Waals surface area (Å²) in [6, 6.07) is -0.416. The number of carbonyl (C=O) groups is 2. The molecule has 1 aliphatic heterocycles. The first-order valence-electron chi connectivity index (χ1n) is 7.58. The van der Waals surface area contributed by atoms with E-state index < -0.39 is 11.6 Å². The van der Waals surface area contributed by atoms with Crippen molar-refractivity contribution in [1.29, 1.82) is 0 Å². The van der Waals surface area contributed by atoms with Crippen molar-refractivity contribution >= 4 is 11.8 Å². The zero-order valence-electron chi connectivity index (χ0n) is 13.2. The van der Waals surface area contributed by atoms with Crippen molar-refractivity contribution in [3.8, 4) is 0 Å². The molecule has 1 atom stereocenters. The molecule has 21 heavy (non-hydrogen) atoms. The van der Waals surface area contributed by atoms with Crippen LogP contribution in [-0.4, -0.2) is 38.1 Å². The van der Waals surface area contributed by atoms with Crippen LogP contribution < -0.4 is 5.32 Å². The molecule has 0 radical (unpaired) electrons. The molecule has 1 fully saturated rings. The van der Waals surface area contributed by atoms with Crippen LogP contribution in [0.4, 0.5) is 0 Å². The molecule has 1 aliphatic rings. The molecule has 1 aromatic heterocycles. The van der Waals surface area contributed by atoms with Crippen LogP contribution in [0.2, 0.25) is 0 Å². The van der Waals surface area contributed by atoms with E-state index in [9.17, 15) is 9.59 Å².